The molecule has 0 aliphatic carbocycles. The van der Waals surface area contributed by atoms with Crippen molar-refractivity contribution < 1.29 is 14.4 Å². The molecule has 1 aliphatic heterocycles. The van der Waals surface area contributed by atoms with Crippen molar-refractivity contribution in [3.8, 4) is 0 Å². The Hall–Kier alpha value is -2.28. The van der Waals surface area contributed by atoms with E-state index < -0.39 is 0 Å². The van der Waals surface area contributed by atoms with Gasteiger partial charge in [0.2, 0.25) is 5.91 Å². The molecule has 1 fully saturated rings. The fourth-order valence-electron chi connectivity index (χ4n) is 3.43. The summed E-state index contributed by atoms with van der Waals surface area (Å²) in [4.78, 5) is 39.1. The summed E-state index contributed by atoms with van der Waals surface area (Å²) >= 11 is 17.9. The van der Waals surface area contributed by atoms with Crippen LogP contribution in [0.25, 0.3) is 0 Å². The highest BCUT2D eigenvalue weighted by Gasteiger charge is 2.29. The molecular formula is C22H22Cl3N3O3. The summed E-state index contributed by atoms with van der Waals surface area (Å²) in [6, 6.07) is 11.5. The third-order valence-electron chi connectivity index (χ3n) is 5.07. The van der Waals surface area contributed by atoms with Gasteiger partial charge in [0, 0.05) is 31.7 Å². The van der Waals surface area contributed by atoms with E-state index in [1.54, 1.807) is 41.3 Å². The number of amides is 3. The molecule has 0 bridgehead atoms. The molecular weight excluding hydrogens is 461 g/mol. The van der Waals surface area contributed by atoms with E-state index >= 15 is 0 Å². The Kier molecular flexibility index (Phi) is 8.18. The zero-order valence-corrected chi connectivity index (χ0v) is 18.9. The van der Waals surface area contributed by atoms with E-state index in [9.17, 15) is 14.4 Å². The van der Waals surface area contributed by atoms with E-state index in [4.69, 9.17) is 34.8 Å². The Morgan fingerprint density at radius 3 is 2.42 bits per heavy atom. The summed E-state index contributed by atoms with van der Waals surface area (Å²) in [5.74, 6) is -0.919. The molecule has 31 heavy (non-hydrogen) atoms. The van der Waals surface area contributed by atoms with Crippen LogP contribution in [0, 0.1) is 5.92 Å². The van der Waals surface area contributed by atoms with Gasteiger partial charge in [-0.05, 0) is 43.2 Å². The van der Waals surface area contributed by atoms with E-state index in [0.717, 1.165) is 6.42 Å². The molecule has 2 aromatic rings. The molecule has 1 aliphatic rings. The van der Waals surface area contributed by atoms with Crippen LogP contribution in [0.2, 0.25) is 15.1 Å². The van der Waals surface area contributed by atoms with E-state index in [0.29, 0.717) is 45.7 Å². The number of hydrogen-bond donors (Lipinski definition) is 2. The van der Waals surface area contributed by atoms with E-state index in [-0.39, 0.29) is 36.7 Å². The summed E-state index contributed by atoms with van der Waals surface area (Å²) in [6.07, 6.45) is 1.43. The Bertz CT molecular complexity index is 983. The first-order valence-corrected chi connectivity index (χ1v) is 11.0. The summed E-state index contributed by atoms with van der Waals surface area (Å²) in [6.45, 7) is 1.47. The van der Waals surface area contributed by atoms with E-state index in [1.807, 2.05) is 0 Å². The van der Waals surface area contributed by atoms with Gasteiger partial charge in [-0.1, -0.05) is 46.9 Å². The van der Waals surface area contributed by atoms with Crippen LogP contribution in [-0.2, 0) is 4.79 Å². The molecule has 3 rings (SSSR count). The number of carbonyl (C=O) groups is 3. The summed E-state index contributed by atoms with van der Waals surface area (Å²) in [5, 5.41) is 6.63. The van der Waals surface area contributed by atoms with Gasteiger partial charge in [0.1, 0.15) is 0 Å². The molecule has 2 N–H and O–H groups in total. The number of nitrogens with one attached hydrogen (secondary N) is 2. The van der Waals surface area contributed by atoms with Crippen molar-refractivity contribution in [2.75, 3.05) is 26.2 Å². The van der Waals surface area contributed by atoms with Gasteiger partial charge in [-0.3, -0.25) is 14.4 Å². The zero-order chi connectivity index (χ0) is 22.4. The summed E-state index contributed by atoms with van der Waals surface area (Å²) in [7, 11) is 0. The lowest BCUT2D eigenvalue weighted by Gasteiger charge is -2.32. The highest BCUT2D eigenvalue weighted by atomic mass is 35.5. The molecule has 0 saturated carbocycles. The maximum absolute atomic E-state index is 12.8. The lowest BCUT2D eigenvalue weighted by Crippen LogP contribution is -2.46. The minimum absolute atomic E-state index is 0.140. The van der Waals surface area contributed by atoms with Gasteiger partial charge >= 0.3 is 0 Å². The molecule has 0 aromatic heterocycles. The topological polar surface area (TPSA) is 78.5 Å². The first kappa shape index (κ1) is 23.4. The van der Waals surface area contributed by atoms with Crippen LogP contribution < -0.4 is 10.6 Å². The monoisotopic (exact) mass is 481 g/mol. The molecule has 1 saturated heterocycles. The lowest BCUT2D eigenvalue weighted by atomic mass is 9.96. The average molecular weight is 483 g/mol. The maximum Gasteiger partial charge on any atom is 0.253 e. The predicted octanol–water partition coefficient (Wildman–Crippen LogP) is 4.05. The van der Waals surface area contributed by atoms with Gasteiger partial charge in [0.05, 0.1) is 26.5 Å². The molecule has 3 amide bonds. The molecule has 1 unspecified atom stereocenters. The van der Waals surface area contributed by atoms with Crippen LogP contribution in [0.3, 0.4) is 0 Å². The third kappa shape index (κ3) is 6.12. The number of hydrogen-bond acceptors (Lipinski definition) is 3. The SMILES string of the molecule is O=C(NCCNC(=O)C1CCCN(C(=O)c2ccc(Cl)c(Cl)c2)C1)c1ccccc1Cl. The Morgan fingerprint density at radius 2 is 1.68 bits per heavy atom. The van der Waals surface area contributed by atoms with Crippen LogP contribution >= 0.6 is 34.8 Å². The molecule has 9 heteroatoms. The van der Waals surface area contributed by atoms with Crippen LogP contribution in [0.1, 0.15) is 33.6 Å². The van der Waals surface area contributed by atoms with Crippen LogP contribution in [-0.4, -0.2) is 48.8 Å². The highest BCUT2D eigenvalue weighted by molar-refractivity contribution is 6.42. The summed E-state index contributed by atoms with van der Waals surface area (Å²) < 4.78 is 0. The Labute approximate surface area is 195 Å². The van der Waals surface area contributed by atoms with Gasteiger partial charge in [-0.15, -0.1) is 0 Å². The maximum atomic E-state index is 12.8. The standard InChI is InChI=1S/C22H22Cl3N3O3/c23-17-6-2-1-5-16(17)21(30)27-10-9-26-20(29)15-4-3-11-28(13-15)22(31)14-7-8-18(24)19(25)12-14/h1-2,5-8,12,15H,3-4,9-11,13H2,(H,26,29)(H,27,30). The highest BCUT2D eigenvalue weighted by Crippen LogP contribution is 2.25. The van der Waals surface area contributed by atoms with Crippen molar-refractivity contribution in [3.63, 3.8) is 0 Å². The minimum Gasteiger partial charge on any atom is -0.354 e. The fourth-order valence-corrected chi connectivity index (χ4v) is 3.95. The van der Waals surface area contributed by atoms with E-state index in [2.05, 4.69) is 10.6 Å². The largest absolute Gasteiger partial charge is 0.354 e. The van der Waals surface area contributed by atoms with Crippen molar-refractivity contribution in [3.05, 3.63) is 68.7 Å². The van der Waals surface area contributed by atoms with Crippen molar-refractivity contribution in [1.82, 2.24) is 15.5 Å². The number of likely N-dealkylation sites (tertiary alicyclic amines) is 1. The second kappa shape index (κ2) is 10.8. The Morgan fingerprint density at radius 1 is 0.935 bits per heavy atom. The smallest absolute Gasteiger partial charge is 0.253 e. The fraction of sp³-hybridized carbons (Fsp3) is 0.318. The number of rotatable bonds is 6. The van der Waals surface area contributed by atoms with Crippen molar-refractivity contribution in [1.29, 1.82) is 0 Å². The van der Waals surface area contributed by atoms with Gasteiger partial charge in [-0.2, -0.15) is 0 Å². The Balaban J connectivity index is 1.47. The molecule has 6 nitrogen and oxygen atoms in total. The lowest BCUT2D eigenvalue weighted by molar-refractivity contribution is -0.126. The molecule has 1 atom stereocenters. The minimum atomic E-state index is -0.306. The summed E-state index contributed by atoms with van der Waals surface area (Å²) in [5.41, 5.74) is 0.831. The number of piperidine rings is 1. The normalized spacial score (nSPS) is 16.0. The molecule has 1 heterocycles. The number of halogens is 3. The zero-order valence-electron chi connectivity index (χ0n) is 16.7. The molecule has 0 spiro atoms. The molecule has 2 aromatic carbocycles. The van der Waals surface area contributed by atoms with Crippen LogP contribution in [0.15, 0.2) is 42.5 Å². The van der Waals surface area contributed by atoms with Gasteiger partial charge < -0.3 is 15.5 Å². The van der Waals surface area contributed by atoms with Crippen molar-refractivity contribution >= 4 is 52.5 Å². The van der Waals surface area contributed by atoms with Gasteiger partial charge in [0.25, 0.3) is 11.8 Å². The number of benzene rings is 2. The molecule has 164 valence electrons. The van der Waals surface area contributed by atoms with Crippen molar-refractivity contribution in [2.45, 2.75) is 12.8 Å². The second-order valence-electron chi connectivity index (χ2n) is 7.25. The van der Waals surface area contributed by atoms with Crippen LogP contribution in [0.5, 0.6) is 0 Å². The quantitative estimate of drug-likeness (QED) is 0.610. The van der Waals surface area contributed by atoms with Crippen LogP contribution in [0.4, 0.5) is 0 Å². The third-order valence-corrected chi connectivity index (χ3v) is 6.14. The first-order valence-electron chi connectivity index (χ1n) is 9.91. The number of carbonyl (C=O) groups excluding carboxylic acids is 3. The van der Waals surface area contributed by atoms with Crippen molar-refractivity contribution in [2.24, 2.45) is 5.92 Å². The second-order valence-corrected chi connectivity index (χ2v) is 8.47. The predicted molar refractivity (Wildman–Crippen MR) is 122 cm³/mol. The van der Waals surface area contributed by atoms with Gasteiger partial charge in [-0.25, -0.2) is 0 Å². The number of nitrogens with zero attached hydrogens (tertiary/aromatic N) is 1. The first-order chi connectivity index (χ1) is 14.9. The molecule has 0 radical (unpaired) electrons. The van der Waals surface area contributed by atoms with Gasteiger partial charge in [0.15, 0.2) is 0 Å². The van der Waals surface area contributed by atoms with E-state index in [1.165, 1.54) is 6.07 Å². The average Bonchev–Trinajstić information content (AvgIpc) is 2.78.